The summed E-state index contributed by atoms with van der Waals surface area (Å²) < 4.78 is 11.6. The lowest BCUT2D eigenvalue weighted by molar-refractivity contribution is -0.132. The van der Waals surface area contributed by atoms with Gasteiger partial charge in [0.05, 0.1) is 12.7 Å². The van der Waals surface area contributed by atoms with Gasteiger partial charge in [-0.05, 0) is 50.2 Å². The van der Waals surface area contributed by atoms with E-state index in [0.29, 0.717) is 19.0 Å². The second kappa shape index (κ2) is 7.32. The molecular weight excluding hydrogens is 292 g/mol. The molecule has 126 valence electrons. The van der Waals surface area contributed by atoms with E-state index in [0.717, 1.165) is 36.3 Å². The van der Waals surface area contributed by atoms with Crippen molar-refractivity contribution in [3.05, 3.63) is 29.3 Å². The number of nitrogens with two attached hydrogens (primary N) is 1. The van der Waals surface area contributed by atoms with E-state index >= 15 is 0 Å². The van der Waals surface area contributed by atoms with Gasteiger partial charge < -0.3 is 20.5 Å². The summed E-state index contributed by atoms with van der Waals surface area (Å²) in [5.41, 5.74) is 7.76. The fourth-order valence-corrected chi connectivity index (χ4v) is 2.80. The number of nitrogens with one attached hydrogen (secondary N) is 1. The summed E-state index contributed by atoms with van der Waals surface area (Å²) in [4.78, 5) is 12.2. The van der Waals surface area contributed by atoms with Crippen LogP contribution in [0.15, 0.2) is 18.2 Å². The minimum atomic E-state index is -0.371. The molecule has 3 rings (SSSR count). The number of hydrogen-bond donors (Lipinski definition) is 2. The molecule has 0 unspecified atom stereocenters. The van der Waals surface area contributed by atoms with Crippen molar-refractivity contribution in [1.82, 2.24) is 5.32 Å². The number of ether oxygens (including phenoxy) is 2. The van der Waals surface area contributed by atoms with E-state index in [9.17, 15) is 4.79 Å². The van der Waals surface area contributed by atoms with Gasteiger partial charge in [0.2, 0.25) is 5.91 Å². The van der Waals surface area contributed by atoms with Crippen molar-refractivity contribution in [2.24, 2.45) is 11.7 Å². The number of amides is 1. The average Bonchev–Trinajstić information content (AvgIpc) is 3.26. The maximum atomic E-state index is 12.2. The van der Waals surface area contributed by atoms with Crippen LogP contribution in [0.3, 0.4) is 0 Å². The maximum Gasteiger partial charge on any atom is 0.249 e. The molecule has 0 radical (unpaired) electrons. The first-order valence-electron chi connectivity index (χ1n) is 8.51. The number of carbonyl (C=O) groups excluding carboxylic acids is 1. The molecule has 5 nitrogen and oxygen atoms in total. The van der Waals surface area contributed by atoms with Crippen LogP contribution in [0.25, 0.3) is 0 Å². The van der Waals surface area contributed by atoms with E-state index in [1.54, 1.807) is 0 Å². The zero-order valence-corrected chi connectivity index (χ0v) is 13.7. The molecule has 1 aliphatic carbocycles. The fourth-order valence-electron chi connectivity index (χ4n) is 2.80. The van der Waals surface area contributed by atoms with Crippen molar-refractivity contribution in [3.63, 3.8) is 0 Å². The third-order valence-corrected chi connectivity index (χ3v) is 4.51. The van der Waals surface area contributed by atoms with Gasteiger partial charge in [-0.25, -0.2) is 0 Å². The SMILES string of the molecule is Cc1ccc(CNC(=O)[C@@H]2CC[C@H](CN)O2)c(OCC2CC2)c1. The van der Waals surface area contributed by atoms with E-state index < -0.39 is 0 Å². The van der Waals surface area contributed by atoms with Crippen LogP contribution in [0.4, 0.5) is 0 Å². The maximum absolute atomic E-state index is 12.2. The third-order valence-electron chi connectivity index (χ3n) is 4.51. The Kier molecular flexibility index (Phi) is 5.18. The van der Waals surface area contributed by atoms with Crippen LogP contribution in [0.2, 0.25) is 0 Å². The zero-order valence-electron chi connectivity index (χ0n) is 13.7. The molecule has 0 bridgehead atoms. The Balaban J connectivity index is 1.55. The van der Waals surface area contributed by atoms with Crippen molar-refractivity contribution in [2.75, 3.05) is 13.2 Å². The lowest BCUT2D eigenvalue weighted by Crippen LogP contribution is -2.35. The predicted octanol–water partition coefficient (Wildman–Crippen LogP) is 1.91. The molecule has 2 fully saturated rings. The van der Waals surface area contributed by atoms with Gasteiger partial charge in [-0.1, -0.05) is 12.1 Å². The number of hydrogen-bond acceptors (Lipinski definition) is 4. The van der Waals surface area contributed by atoms with Gasteiger partial charge in [-0.15, -0.1) is 0 Å². The Hall–Kier alpha value is -1.59. The Morgan fingerprint density at radius 1 is 1.35 bits per heavy atom. The standard InChI is InChI=1S/C18H26N2O3/c1-12-2-5-14(17(8-12)22-11-13-3-4-13)10-20-18(21)16-7-6-15(9-19)23-16/h2,5,8,13,15-16H,3-4,6-7,9-11,19H2,1H3,(H,20,21)/t15-,16+/m1/s1. The second-order valence-corrected chi connectivity index (χ2v) is 6.64. The highest BCUT2D eigenvalue weighted by atomic mass is 16.5. The molecule has 1 aliphatic heterocycles. The molecule has 1 amide bonds. The molecular formula is C18H26N2O3. The summed E-state index contributed by atoms with van der Waals surface area (Å²) in [7, 11) is 0. The molecule has 1 aromatic carbocycles. The molecule has 1 heterocycles. The van der Waals surface area contributed by atoms with Crippen molar-refractivity contribution < 1.29 is 14.3 Å². The molecule has 3 N–H and O–H groups in total. The number of aryl methyl sites for hydroxylation is 1. The average molecular weight is 318 g/mol. The first kappa shape index (κ1) is 16.3. The normalized spacial score (nSPS) is 23.7. The molecule has 2 atom stereocenters. The van der Waals surface area contributed by atoms with E-state index in [4.69, 9.17) is 15.2 Å². The van der Waals surface area contributed by atoms with Crippen molar-refractivity contribution in [3.8, 4) is 5.75 Å². The van der Waals surface area contributed by atoms with Crippen LogP contribution in [0.1, 0.15) is 36.8 Å². The molecule has 0 spiro atoms. The van der Waals surface area contributed by atoms with Gasteiger partial charge in [0, 0.05) is 18.7 Å². The highest BCUT2D eigenvalue weighted by molar-refractivity contribution is 5.81. The predicted molar refractivity (Wildman–Crippen MR) is 88.2 cm³/mol. The fraction of sp³-hybridized carbons (Fsp3) is 0.611. The Bertz CT molecular complexity index is 557. The van der Waals surface area contributed by atoms with Crippen molar-refractivity contribution in [1.29, 1.82) is 0 Å². The van der Waals surface area contributed by atoms with Crippen LogP contribution in [-0.2, 0) is 16.1 Å². The van der Waals surface area contributed by atoms with Crippen LogP contribution in [-0.4, -0.2) is 31.3 Å². The number of benzene rings is 1. The van der Waals surface area contributed by atoms with E-state index in [1.807, 2.05) is 25.1 Å². The smallest absolute Gasteiger partial charge is 0.249 e. The van der Waals surface area contributed by atoms with Gasteiger partial charge in [-0.3, -0.25) is 4.79 Å². The summed E-state index contributed by atoms with van der Waals surface area (Å²) in [5, 5.41) is 2.96. The summed E-state index contributed by atoms with van der Waals surface area (Å²) in [6.45, 7) is 3.76. The van der Waals surface area contributed by atoms with E-state index in [2.05, 4.69) is 5.32 Å². The van der Waals surface area contributed by atoms with Gasteiger partial charge in [-0.2, -0.15) is 0 Å². The molecule has 23 heavy (non-hydrogen) atoms. The van der Waals surface area contributed by atoms with Crippen LogP contribution < -0.4 is 15.8 Å². The largest absolute Gasteiger partial charge is 0.493 e. The summed E-state index contributed by atoms with van der Waals surface area (Å²) >= 11 is 0. The van der Waals surface area contributed by atoms with Crippen molar-refractivity contribution >= 4 is 5.91 Å². The molecule has 0 aromatic heterocycles. The van der Waals surface area contributed by atoms with Gasteiger partial charge in [0.1, 0.15) is 11.9 Å². The minimum Gasteiger partial charge on any atom is -0.493 e. The minimum absolute atomic E-state index is 0.0163. The first-order valence-corrected chi connectivity index (χ1v) is 8.51. The lowest BCUT2D eigenvalue weighted by Gasteiger charge is -2.15. The molecule has 2 aliphatic rings. The Morgan fingerprint density at radius 3 is 2.87 bits per heavy atom. The molecule has 1 aromatic rings. The monoisotopic (exact) mass is 318 g/mol. The Morgan fingerprint density at radius 2 is 2.17 bits per heavy atom. The molecule has 5 heteroatoms. The van der Waals surface area contributed by atoms with Crippen LogP contribution in [0.5, 0.6) is 5.75 Å². The lowest BCUT2D eigenvalue weighted by atomic mass is 10.1. The molecule has 1 saturated heterocycles. The summed E-state index contributed by atoms with van der Waals surface area (Å²) in [5.74, 6) is 1.53. The highest BCUT2D eigenvalue weighted by Gasteiger charge is 2.29. The number of rotatable bonds is 7. The van der Waals surface area contributed by atoms with E-state index in [-0.39, 0.29) is 18.1 Å². The van der Waals surface area contributed by atoms with Gasteiger partial charge >= 0.3 is 0 Å². The first-order chi connectivity index (χ1) is 11.2. The topological polar surface area (TPSA) is 73.6 Å². The summed E-state index contributed by atoms with van der Waals surface area (Å²) in [6.07, 6.45) is 3.77. The van der Waals surface area contributed by atoms with Crippen LogP contribution >= 0.6 is 0 Å². The summed E-state index contributed by atoms with van der Waals surface area (Å²) in [6, 6.07) is 6.11. The molecule has 1 saturated carbocycles. The highest BCUT2D eigenvalue weighted by Crippen LogP contribution is 2.30. The zero-order chi connectivity index (χ0) is 16.2. The van der Waals surface area contributed by atoms with Gasteiger partial charge in [0.15, 0.2) is 0 Å². The second-order valence-electron chi connectivity index (χ2n) is 6.64. The van der Waals surface area contributed by atoms with Crippen molar-refractivity contribution in [2.45, 2.75) is 51.4 Å². The Labute approximate surface area is 137 Å². The van der Waals surface area contributed by atoms with E-state index in [1.165, 1.54) is 12.8 Å². The van der Waals surface area contributed by atoms with Gasteiger partial charge in [0.25, 0.3) is 0 Å². The third kappa shape index (κ3) is 4.45. The number of carbonyl (C=O) groups is 1. The quantitative estimate of drug-likeness (QED) is 0.805. The van der Waals surface area contributed by atoms with Crippen LogP contribution in [0, 0.1) is 12.8 Å².